The molecular formula is C15H25NO. The molecule has 0 aromatic heterocycles. The number of ether oxygens (including phenoxy) is 1. The first-order valence-corrected chi connectivity index (χ1v) is 6.56. The van der Waals surface area contributed by atoms with Gasteiger partial charge in [-0.2, -0.15) is 0 Å². The summed E-state index contributed by atoms with van der Waals surface area (Å²) in [4.78, 5) is 0. The maximum Gasteiger partial charge on any atom is 0.118 e. The van der Waals surface area contributed by atoms with Gasteiger partial charge in [0.25, 0.3) is 0 Å². The molecule has 2 nitrogen and oxygen atoms in total. The average molecular weight is 235 g/mol. The zero-order valence-electron chi connectivity index (χ0n) is 11.3. The first-order valence-electron chi connectivity index (χ1n) is 6.56. The van der Waals surface area contributed by atoms with Crippen LogP contribution in [0.4, 0.5) is 0 Å². The van der Waals surface area contributed by atoms with Crippen LogP contribution in [0.15, 0.2) is 24.3 Å². The first-order chi connectivity index (χ1) is 8.22. The van der Waals surface area contributed by atoms with Crippen molar-refractivity contribution in [2.75, 3.05) is 20.2 Å². The summed E-state index contributed by atoms with van der Waals surface area (Å²) in [6.45, 7) is 6.74. The quantitative estimate of drug-likeness (QED) is 0.698. The molecule has 96 valence electrons. The highest BCUT2D eigenvalue weighted by Gasteiger charge is 1.96. The minimum Gasteiger partial charge on any atom is -0.497 e. The fourth-order valence-electron chi connectivity index (χ4n) is 1.79. The van der Waals surface area contributed by atoms with Crippen molar-refractivity contribution < 1.29 is 4.74 Å². The summed E-state index contributed by atoms with van der Waals surface area (Å²) in [5.74, 6) is 1.75. The van der Waals surface area contributed by atoms with Crippen LogP contribution in [-0.4, -0.2) is 20.2 Å². The molecule has 0 saturated heterocycles. The lowest BCUT2D eigenvalue weighted by Gasteiger charge is -2.07. The average Bonchev–Trinajstić information content (AvgIpc) is 2.34. The fraction of sp³-hybridized carbons (Fsp3) is 0.600. The van der Waals surface area contributed by atoms with Gasteiger partial charge in [0.1, 0.15) is 5.75 Å². The molecule has 0 spiro atoms. The van der Waals surface area contributed by atoms with Gasteiger partial charge in [0, 0.05) is 0 Å². The van der Waals surface area contributed by atoms with Crippen molar-refractivity contribution in [3.8, 4) is 5.75 Å². The van der Waals surface area contributed by atoms with E-state index < -0.39 is 0 Å². The van der Waals surface area contributed by atoms with Crippen LogP contribution < -0.4 is 10.1 Å². The summed E-state index contributed by atoms with van der Waals surface area (Å²) in [6, 6.07) is 8.31. The molecule has 0 fully saturated rings. The number of benzene rings is 1. The van der Waals surface area contributed by atoms with Crippen LogP contribution in [0.1, 0.15) is 32.3 Å². The molecule has 1 rings (SSSR count). The van der Waals surface area contributed by atoms with E-state index in [-0.39, 0.29) is 0 Å². The number of nitrogens with one attached hydrogen (secondary N) is 1. The Morgan fingerprint density at radius 3 is 2.41 bits per heavy atom. The van der Waals surface area contributed by atoms with E-state index in [1.165, 1.54) is 18.4 Å². The maximum atomic E-state index is 5.13. The normalized spacial score (nSPS) is 10.8. The van der Waals surface area contributed by atoms with Gasteiger partial charge >= 0.3 is 0 Å². The first kappa shape index (κ1) is 14.0. The van der Waals surface area contributed by atoms with Crippen molar-refractivity contribution in [3.63, 3.8) is 0 Å². The Labute approximate surface area is 105 Å². The van der Waals surface area contributed by atoms with Crippen LogP contribution in [0.2, 0.25) is 0 Å². The molecule has 0 aliphatic heterocycles. The van der Waals surface area contributed by atoms with E-state index in [4.69, 9.17) is 4.74 Å². The third-order valence-corrected chi connectivity index (χ3v) is 2.88. The molecule has 0 heterocycles. The minimum absolute atomic E-state index is 0.818. The highest BCUT2D eigenvalue weighted by atomic mass is 16.5. The van der Waals surface area contributed by atoms with Crippen molar-refractivity contribution >= 4 is 0 Å². The lowest BCUT2D eigenvalue weighted by molar-refractivity contribution is 0.414. The molecule has 0 aliphatic rings. The van der Waals surface area contributed by atoms with Gasteiger partial charge in [-0.15, -0.1) is 0 Å². The Hall–Kier alpha value is -1.02. The monoisotopic (exact) mass is 235 g/mol. The molecule has 0 saturated carbocycles. The summed E-state index contributed by atoms with van der Waals surface area (Å²) in [5.41, 5.74) is 1.36. The SMILES string of the molecule is COc1ccc(CCNCCCC(C)C)cc1. The molecule has 1 aromatic rings. The number of hydrogen-bond acceptors (Lipinski definition) is 2. The van der Waals surface area contributed by atoms with E-state index in [2.05, 4.69) is 31.3 Å². The minimum atomic E-state index is 0.818. The van der Waals surface area contributed by atoms with Crippen LogP contribution >= 0.6 is 0 Å². The van der Waals surface area contributed by atoms with Crippen LogP contribution in [0.5, 0.6) is 5.75 Å². The Balaban J connectivity index is 2.09. The molecular weight excluding hydrogens is 210 g/mol. The van der Waals surface area contributed by atoms with Crippen LogP contribution in [0, 0.1) is 5.92 Å². The molecule has 0 unspecified atom stereocenters. The smallest absolute Gasteiger partial charge is 0.118 e. The molecule has 0 radical (unpaired) electrons. The lowest BCUT2D eigenvalue weighted by atomic mass is 10.1. The van der Waals surface area contributed by atoms with Crippen molar-refractivity contribution in [2.45, 2.75) is 33.1 Å². The fourth-order valence-corrected chi connectivity index (χ4v) is 1.79. The standard InChI is InChI=1S/C15H25NO/c1-13(2)5-4-11-16-12-10-14-6-8-15(17-3)9-7-14/h6-9,13,16H,4-5,10-12H2,1-3H3. The summed E-state index contributed by atoms with van der Waals surface area (Å²) >= 11 is 0. The van der Waals surface area contributed by atoms with Crippen LogP contribution in [0.25, 0.3) is 0 Å². The van der Waals surface area contributed by atoms with E-state index in [1.54, 1.807) is 7.11 Å². The molecule has 0 atom stereocenters. The molecule has 1 N–H and O–H groups in total. The molecule has 0 bridgehead atoms. The van der Waals surface area contributed by atoms with Gasteiger partial charge in [-0.05, 0) is 56.0 Å². The molecule has 0 aliphatic carbocycles. The third-order valence-electron chi connectivity index (χ3n) is 2.88. The van der Waals surface area contributed by atoms with E-state index >= 15 is 0 Å². The second-order valence-corrected chi connectivity index (χ2v) is 4.88. The summed E-state index contributed by atoms with van der Waals surface area (Å²) in [5, 5.41) is 3.49. The van der Waals surface area contributed by atoms with E-state index in [0.29, 0.717) is 0 Å². The summed E-state index contributed by atoms with van der Waals surface area (Å²) in [6.07, 6.45) is 3.68. The highest BCUT2D eigenvalue weighted by molar-refractivity contribution is 5.27. The topological polar surface area (TPSA) is 21.3 Å². The predicted molar refractivity (Wildman–Crippen MR) is 73.6 cm³/mol. The van der Waals surface area contributed by atoms with Crippen molar-refractivity contribution in [2.24, 2.45) is 5.92 Å². The van der Waals surface area contributed by atoms with Gasteiger partial charge in [-0.3, -0.25) is 0 Å². The number of hydrogen-bond donors (Lipinski definition) is 1. The van der Waals surface area contributed by atoms with Crippen LogP contribution in [0.3, 0.4) is 0 Å². The molecule has 2 heteroatoms. The highest BCUT2D eigenvalue weighted by Crippen LogP contribution is 2.11. The Bertz CT molecular complexity index is 292. The predicted octanol–water partition coefficient (Wildman–Crippen LogP) is 3.26. The van der Waals surface area contributed by atoms with Gasteiger partial charge in [0.2, 0.25) is 0 Å². The van der Waals surface area contributed by atoms with E-state index in [9.17, 15) is 0 Å². The van der Waals surface area contributed by atoms with E-state index in [0.717, 1.165) is 31.2 Å². The Kier molecular flexibility index (Phi) is 6.71. The van der Waals surface area contributed by atoms with Gasteiger partial charge in [0.05, 0.1) is 7.11 Å². The Morgan fingerprint density at radius 2 is 1.82 bits per heavy atom. The summed E-state index contributed by atoms with van der Waals surface area (Å²) in [7, 11) is 1.70. The maximum absolute atomic E-state index is 5.13. The van der Waals surface area contributed by atoms with Crippen molar-refractivity contribution in [1.29, 1.82) is 0 Å². The van der Waals surface area contributed by atoms with Crippen molar-refractivity contribution in [3.05, 3.63) is 29.8 Å². The van der Waals surface area contributed by atoms with Gasteiger partial charge in [0.15, 0.2) is 0 Å². The molecule has 0 amide bonds. The number of methoxy groups -OCH3 is 1. The van der Waals surface area contributed by atoms with Crippen LogP contribution in [-0.2, 0) is 6.42 Å². The van der Waals surface area contributed by atoms with E-state index in [1.807, 2.05) is 12.1 Å². The number of rotatable bonds is 8. The zero-order valence-corrected chi connectivity index (χ0v) is 11.3. The van der Waals surface area contributed by atoms with Gasteiger partial charge in [-0.1, -0.05) is 26.0 Å². The lowest BCUT2D eigenvalue weighted by Crippen LogP contribution is -2.18. The zero-order chi connectivity index (χ0) is 12.5. The second kappa shape index (κ2) is 8.13. The third kappa shape index (κ3) is 6.32. The van der Waals surface area contributed by atoms with Crippen molar-refractivity contribution in [1.82, 2.24) is 5.32 Å². The largest absolute Gasteiger partial charge is 0.497 e. The Morgan fingerprint density at radius 1 is 1.12 bits per heavy atom. The summed E-state index contributed by atoms with van der Waals surface area (Å²) < 4.78 is 5.13. The molecule has 17 heavy (non-hydrogen) atoms. The molecule has 1 aromatic carbocycles. The second-order valence-electron chi connectivity index (χ2n) is 4.88. The van der Waals surface area contributed by atoms with Gasteiger partial charge < -0.3 is 10.1 Å². The van der Waals surface area contributed by atoms with Gasteiger partial charge in [-0.25, -0.2) is 0 Å².